The number of carbonyl (C=O) groups excluding carboxylic acids is 1. The van der Waals surface area contributed by atoms with E-state index in [9.17, 15) is 4.79 Å². The van der Waals surface area contributed by atoms with Crippen LogP contribution in [-0.2, 0) is 6.42 Å². The Bertz CT molecular complexity index is 651. The number of ketones is 1. The Morgan fingerprint density at radius 1 is 1.24 bits per heavy atom. The Kier molecular flexibility index (Phi) is 4.02. The minimum absolute atomic E-state index is 0.101. The van der Waals surface area contributed by atoms with E-state index in [1.165, 1.54) is 5.56 Å². The third-order valence-electron chi connectivity index (χ3n) is 3.80. The predicted molar refractivity (Wildman–Crippen MR) is 82.8 cm³/mol. The van der Waals surface area contributed by atoms with Crippen molar-refractivity contribution in [3.63, 3.8) is 0 Å². The van der Waals surface area contributed by atoms with Crippen LogP contribution in [0.3, 0.4) is 0 Å². The van der Waals surface area contributed by atoms with Gasteiger partial charge in [0.25, 0.3) is 0 Å². The number of hydrogen-bond acceptors (Lipinski definition) is 3. The lowest BCUT2D eigenvalue weighted by Gasteiger charge is -2.26. The van der Waals surface area contributed by atoms with Crippen molar-refractivity contribution in [2.24, 2.45) is 0 Å². The molecule has 0 amide bonds. The summed E-state index contributed by atoms with van der Waals surface area (Å²) in [5.74, 6) is 0.844. The van der Waals surface area contributed by atoms with Crippen molar-refractivity contribution >= 4 is 5.78 Å². The highest BCUT2D eigenvalue weighted by molar-refractivity contribution is 6.01. The van der Waals surface area contributed by atoms with Gasteiger partial charge >= 0.3 is 0 Å². The fraction of sp³-hybridized carbons (Fsp3) is 0.278. The molecule has 1 aliphatic rings. The molecule has 1 N–H and O–H groups in total. The molecule has 21 heavy (non-hydrogen) atoms. The summed E-state index contributed by atoms with van der Waals surface area (Å²) in [5.41, 5.74) is 3.04. The van der Waals surface area contributed by atoms with E-state index >= 15 is 0 Å². The van der Waals surface area contributed by atoms with Crippen LogP contribution in [0.2, 0.25) is 0 Å². The molecule has 3 heteroatoms. The summed E-state index contributed by atoms with van der Waals surface area (Å²) in [6, 6.07) is 15.3. The van der Waals surface area contributed by atoms with Gasteiger partial charge < -0.3 is 10.1 Å². The van der Waals surface area contributed by atoms with Gasteiger partial charge in [0.05, 0.1) is 12.6 Å². The summed E-state index contributed by atoms with van der Waals surface area (Å²) < 4.78 is 5.48. The third kappa shape index (κ3) is 2.83. The van der Waals surface area contributed by atoms with Gasteiger partial charge in [-0.05, 0) is 36.6 Å². The van der Waals surface area contributed by atoms with E-state index < -0.39 is 0 Å². The van der Waals surface area contributed by atoms with Crippen molar-refractivity contribution in [1.82, 2.24) is 5.32 Å². The van der Waals surface area contributed by atoms with E-state index in [0.717, 1.165) is 24.3 Å². The monoisotopic (exact) mass is 281 g/mol. The predicted octanol–water partition coefficient (Wildman–Crippen LogP) is 3.16. The molecule has 0 fully saturated rings. The molecule has 1 atom stereocenters. The molecule has 0 saturated heterocycles. The fourth-order valence-electron chi connectivity index (χ4n) is 2.81. The third-order valence-corrected chi connectivity index (χ3v) is 3.80. The van der Waals surface area contributed by atoms with Gasteiger partial charge in [0.2, 0.25) is 0 Å². The molecule has 0 aliphatic carbocycles. The summed E-state index contributed by atoms with van der Waals surface area (Å²) in [6.45, 7) is 3.37. The van der Waals surface area contributed by atoms with Crippen molar-refractivity contribution in [3.05, 3.63) is 65.2 Å². The first-order valence-electron chi connectivity index (χ1n) is 7.38. The van der Waals surface area contributed by atoms with Crippen LogP contribution < -0.4 is 10.1 Å². The van der Waals surface area contributed by atoms with Crippen LogP contribution in [0.5, 0.6) is 5.75 Å². The topological polar surface area (TPSA) is 38.3 Å². The highest BCUT2D eigenvalue weighted by Crippen LogP contribution is 2.26. The average molecular weight is 281 g/mol. The molecule has 3 nitrogen and oxygen atoms in total. The lowest BCUT2D eigenvalue weighted by molar-refractivity contribution is 0.0939. The molecule has 1 aliphatic heterocycles. The van der Waals surface area contributed by atoms with Crippen LogP contribution in [0, 0.1) is 0 Å². The quantitative estimate of drug-likeness (QED) is 0.875. The maximum Gasteiger partial charge on any atom is 0.184 e. The van der Waals surface area contributed by atoms with Crippen LogP contribution in [0.1, 0.15) is 34.5 Å². The molecule has 1 heterocycles. The van der Waals surface area contributed by atoms with Gasteiger partial charge in [-0.3, -0.25) is 4.79 Å². The zero-order chi connectivity index (χ0) is 14.7. The summed E-state index contributed by atoms with van der Waals surface area (Å²) in [6.07, 6.45) is 0.971. The van der Waals surface area contributed by atoms with Crippen LogP contribution in [0.25, 0.3) is 0 Å². The number of ether oxygens (including phenoxy) is 1. The average Bonchev–Trinajstić information content (AvgIpc) is 2.54. The summed E-state index contributed by atoms with van der Waals surface area (Å²) >= 11 is 0. The standard InChI is InChI=1S/C18H19NO2/c1-2-21-15-8-5-7-14(12-15)18(20)17-16-9-4-3-6-13(16)10-11-19-17/h3-9,12,17,19H,2,10-11H2,1H3. The first-order valence-corrected chi connectivity index (χ1v) is 7.38. The van der Waals surface area contributed by atoms with Crippen LogP contribution in [0.4, 0.5) is 0 Å². The highest BCUT2D eigenvalue weighted by atomic mass is 16.5. The Morgan fingerprint density at radius 2 is 2.10 bits per heavy atom. The molecular weight excluding hydrogens is 262 g/mol. The minimum Gasteiger partial charge on any atom is -0.494 e. The van der Waals surface area contributed by atoms with E-state index in [1.807, 2.05) is 49.4 Å². The van der Waals surface area contributed by atoms with Gasteiger partial charge in [-0.25, -0.2) is 0 Å². The van der Waals surface area contributed by atoms with Gasteiger partial charge in [0.1, 0.15) is 5.75 Å². The lowest BCUT2D eigenvalue weighted by Crippen LogP contribution is -2.35. The summed E-state index contributed by atoms with van der Waals surface area (Å²) in [7, 11) is 0. The molecule has 0 bridgehead atoms. The van der Waals surface area contributed by atoms with Crippen LogP contribution >= 0.6 is 0 Å². The minimum atomic E-state index is -0.258. The zero-order valence-corrected chi connectivity index (χ0v) is 12.1. The highest BCUT2D eigenvalue weighted by Gasteiger charge is 2.26. The van der Waals surface area contributed by atoms with E-state index in [-0.39, 0.29) is 11.8 Å². The number of benzene rings is 2. The molecule has 0 radical (unpaired) electrons. The van der Waals surface area contributed by atoms with Gasteiger partial charge in [-0.15, -0.1) is 0 Å². The number of fused-ring (bicyclic) bond motifs is 1. The van der Waals surface area contributed by atoms with Gasteiger partial charge in [0.15, 0.2) is 5.78 Å². The second-order valence-electron chi connectivity index (χ2n) is 5.16. The molecule has 0 saturated carbocycles. The van der Waals surface area contributed by atoms with Crippen molar-refractivity contribution in [3.8, 4) is 5.75 Å². The molecule has 1 unspecified atom stereocenters. The number of Topliss-reactive ketones (excluding diaryl/α,β-unsaturated/α-hetero) is 1. The molecule has 0 spiro atoms. The fourth-order valence-corrected chi connectivity index (χ4v) is 2.81. The maximum atomic E-state index is 12.8. The Hall–Kier alpha value is -2.13. The first-order chi connectivity index (χ1) is 10.3. The molecule has 108 valence electrons. The maximum absolute atomic E-state index is 12.8. The van der Waals surface area contributed by atoms with Gasteiger partial charge in [-0.1, -0.05) is 36.4 Å². The molecule has 0 aromatic heterocycles. The van der Waals surface area contributed by atoms with Crippen molar-refractivity contribution in [2.45, 2.75) is 19.4 Å². The lowest BCUT2D eigenvalue weighted by atomic mass is 9.89. The van der Waals surface area contributed by atoms with Crippen LogP contribution in [0.15, 0.2) is 48.5 Å². The van der Waals surface area contributed by atoms with E-state index in [4.69, 9.17) is 4.74 Å². The first kappa shape index (κ1) is 13.8. The number of nitrogens with one attached hydrogen (secondary N) is 1. The Labute approximate surface area is 124 Å². The van der Waals surface area contributed by atoms with Gasteiger partial charge in [-0.2, -0.15) is 0 Å². The largest absolute Gasteiger partial charge is 0.494 e. The van der Waals surface area contributed by atoms with Crippen molar-refractivity contribution in [2.75, 3.05) is 13.2 Å². The Morgan fingerprint density at radius 3 is 2.95 bits per heavy atom. The molecule has 2 aromatic rings. The van der Waals surface area contributed by atoms with Crippen LogP contribution in [-0.4, -0.2) is 18.9 Å². The smallest absolute Gasteiger partial charge is 0.184 e. The SMILES string of the molecule is CCOc1cccc(C(=O)C2NCCc3ccccc32)c1. The number of rotatable bonds is 4. The van der Waals surface area contributed by atoms with E-state index in [1.54, 1.807) is 0 Å². The van der Waals surface area contributed by atoms with E-state index in [0.29, 0.717) is 12.2 Å². The second-order valence-corrected chi connectivity index (χ2v) is 5.16. The Balaban J connectivity index is 1.91. The van der Waals surface area contributed by atoms with E-state index in [2.05, 4.69) is 11.4 Å². The normalized spacial score (nSPS) is 17.1. The number of carbonyl (C=O) groups is 1. The molecule has 2 aromatic carbocycles. The van der Waals surface area contributed by atoms with Crippen molar-refractivity contribution < 1.29 is 9.53 Å². The summed E-state index contributed by atoms with van der Waals surface area (Å²) in [5, 5.41) is 3.33. The summed E-state index contributed by atoms with van der Waals surface area (Å²) in [4.78, 5) is 12.8. The number of hydrogen-bond donors (Lipinski definition) is 1. The molecule has 3 rings (SSSR count). The van der Waals surface area contributed by atoms with Crippen molar-refractivity contribution in [1.29, 1.82) is 0 Å². The molecular formula is C18H19NO2. The van der Waals surface area contributed by atoms with Gasteiger partial charge in [0, 0.05) is 12.1 Å². The zero-order valence-electron chi connectivity index (χ0n) is 12.1. The second kappa shape index (κ2) is 6.10.